The van der Waals surface area contributed by atoms with Crippen molar-refractivity contribution in [2.75, 3.05) is 19.8 Å². The zero-order chi connectivity index (χ0) is 13.4. The molecule has 1 amide bonds. The zero-order valence-electron chi connectivity index (χ0n) is 10.5. The van der Waals surface area contributed by atoms with Gasteiger partial charge in [-0.25, -0.2) is 0 Å². The van der Waals surface area contributed by atoms with Crippen molar-refractivity contribution in [3.63, 3.8) is 0 Å². The summed E-state index contributed by atoms with van der Waals surface area (Å²) in [5, 5.41) is 13.3. The van der Waals surface area contributed by atoms with E-state index in [0.29, 0.717) is 23.7 Å². The van der Waals surface area contributed by atoms with Gasteiger partial charge in [-0.3, -0.25) is 4.79 Å². The van der Waals surface area contributed by atoms with E-state index in [0.717, 1.165) is 0 Å². The minimum Gasteiger partial charge on any atom is -0.384 e. The largest absolute Gasteiger partial charge is 0.384 e. The van der Waals surface area contributed by atoms with Gasteiger partial charge in [0.1, 0.15) is 11.5 Å². The fourth-order valence-electron chi connectivity index (χ4n) is 1.34. The molecule has 5 heteroatoms. The van der Waals surface area contributed by atoms with E-state index in [-0.39, 0.29) is 18.6 Å². The molecule has 98 valence electrons. The van der Waals surface area contributed by atoms with Gasteiger partial charge in [0.2, 0.25) is 0 Å². The Morgan fingerprint density at radius 2 is 2.44 bits per heavy atom. The lowest BCUT2D eigenvalue weighted by atomic mass is 10.2. The monoisotopic (exact) mass is 267 g/mol. The molecule has 0 aliphatic heterocycles. The Labute approximate surface area is 111 Å². The van der Waals surface area contributed by atoms with E-state index in [1.54, 1.807) is 6.07 Å². The Bertz CT molecular complexity index is 445. The Morgan fingerprint density at radius 3 is 3.11 bits per heavy atom. The number of hydrogen-bond acceptors (Lipinski definition) is 4. The Balaban J connectivity index is 2.64. The van der Waals surface area contributed by atoms with E-state index in [1.807, 2.05) is 19.2 Å². The number of carbonyl (C=O) groups excluding carboxylic acids is 1. The number of amides is 1. The molecule has 0 spiro atoms. The quantitative estimate of drug-likeness (QED) is 0.789. The van der Waals surface area contributed by atoms with Gasteiger partial charge in [-0.05, 0) is 25.3 Å². The van der Waals surface area contributed by atoms with Gasteiger partial charge >= 0.3 is 0 Å². The van der Waals surface area contributed by atoms with Crippen LogP contribution in [0.2, 0.25) is 0 Å². The summed E-state index contributed by atoms with van der Waals surface area (Å²) in [6, 6.07) is 1.73. The van der Waals surface area contributed by atoms with Crippen LogP contribution in [0.4, 0.5) is 0 Å². The van der Waals surface area contributed by atoms with Crippen LogP contribution in [0.15, 0.2) is 11.4 Å². The maximum atomic E-state index is 12.0. The molecule has 1 rings (SSSR count). The molecule has 4 nitrogen and oxygen atoms in total. The normalized spacial score (nSPS) is 11.5. The molecule has 0 saturated heterocycles. The number of aliphatic hydroxyl groups excluding tert-OH is 1. The first-order valence-electron chi connectivity index (χ1n) is 5.74. The number of nitrogens with one attached hydrogen (secondary N) is 1. The highest BCUT2D eigenvalue weighted by Crippen LogP contribution is 2.15. The average molecular weight is 267 g/mol. The van der Waals surface area contributed by atoms with Crippen LogP contribution in [0.5, 0.6) is 0 Å². The second-order valence-corrected chi connectivity index (χ2v) is 4.57. The van der Waals surface area contributed by atoms with Crippen LogP contribution in [-0.2, 0) is 4.74 Å². The van der Waals surface area contributed by atoms with Gasteiger partial charge in [0.05, 0.1) is 6.61 Å². The smallest absolute Gasteiger partial charge is 0.262 e. The third-order valence-corrected chi connectivity index (χ3v) is 3.04. The molecule has 1 unspecified atom stereocenters. The molecule has 0 aliphatic carbocycles. The van der Waals surface area contributed by atoms with Crippen molar-refractivity contribution in [1.82, 2.24) is 5.32 Å². The van der Waals surface area contributed by atoms with Gasteiger partial charge < -0.3 is 15.2 Å². The molecule has 0 aromatic carbocycles. The summed E-state index contributed by atoms with van der Waals surface area (Å²) in [5.41, 5.74) is 0.648. The number of hydrogen-bond donors (Lipinski definition) is 2. The van der Waals surface area contributed by atoms with Crippen molar-refractivity contribution in [1.29, 1.82) is 0 Å². The molecular weight excluding hydrogens is 250 g/mol. The predicted octanol–water partition coefficient (Wildman–Crippen LogP) is 1.25. The standard InChI is InChI=1S/C13H17NO3S/c1-3-17-9-10(2)14-13(16)12-11(5-4-7-15)6-8-18-12/h6,8,10,15H,3,7,9H2,1-2H3,(H,14,16). The first-order valence-corrected chi connectivity index (χ1v) is 6.62. The van der Waals surface area contributed by atoms with Crippen LogP contribution >= 0.6 is 11.3 Å². The van der Waals surface area contributed by atoms with E-state index in [2.05, 4.69) is 17.2 Å². The van der Waals surface area contributed by atoms with Crippen LogP contribution in [0.1, 0.15) is 29.1 Å². The van der Waals surface area contributed by atoms with Crippen molar-refractivity contribution < 1.29 is 14.6 Å². The van der Waals surface area contributed by atoms with Crippen LogP contribution in [0, 0.1) is 11.8 Å². The molecule has 0 saturated carbocycles. The number of aliphatic hydroxyl groups is 1. The Morgan fingerprint density at radius 1 is 1.67 bits per heavy atom. The molecule has 18 heavy (non-hydrogen) atoms. The van der Waals surface area contributed by atoms with Crippen LogP contribution in [-0.4, -0.2) is 36.9 Å². The molecule has 0 radical (unpaired) electrons. The third kappa shape index (κ3) is 4.49. The Hall–Kier alpha value is -1.35. The summed E-state index contributed by atoms with van der Waals surface area (Å²) in [6.45, 7) is 4.71. The topological polar surface area (TPSA) is 58.6 Å². The third-order valence-electron chi connectivity index (χ3n) is 2.12. The minimum absolute atomic E-state index is 0.0433. The SMILES string of the molecule is CCOCC(C)NC(=O)c1sccc1C#CCO. The van der Waals surface area contributed by atoms with E-state index in [4.69, 9.17) is 9.84 Å². The van der Waals surface area contributed by atoms with Crippen molar-refractivity contribution >= 4 is 17.2 Å². The van der Waals surface area contributed by atoms with Crippen molar-refractivity contribution in [3.8, 4) is 11.8 Å². The summed E-state index contributed by atoms with van der Waals surface area (Å²) < 4.78 is 5.24. The number of rotatable bonds is 5. The number of carbonyl (C=O) groups is 1. The second kappa shape index (κ2) is 7.88. The van der Waals surface area contributed by atoms with E-state index >= 15 is 0 Å². The fraction of sp³-hybridized carbons (Fsp3) is 0.462. The first-order chi connectivity index (χ1) is 8.69. The van der Waals surface area contributed by atoms with Crippen LogP contribution in [0.3, 0.4) is 0 Å². The van der Waals surface area contributed by atoms with E-state index in [9.17, 15) is 4.79 Å². The summed E-state index contributed by atoms with van der Waals surface area (Å²) >= 11 is 1.34. The van der Waals surface area contributed by atoms with Gasteiger partial charge in [-0.15, -0.1) is 11.3 Å². The molecule has 1 aromatic heterocycles. The van der Waals surface area contributed by atoms with Crippen molar-refractivity contribution in [2.24, 2.45) is 0 Å². The number of ether oxygens (including phenoxy) is 1. The van der Waals surface area contributed by atoms with Crippen LogP contribution < -0.4 is 5.32 Å². The van der Waals surface area contributed by atoms with Gasteiger partial charge in [-0.1, -0.05) is 11.8 Å². The van der Waals surface area contributed by atoms with Crippen molar-refractivity contribution in [3.05, 3.63) is 21.9 Å². The second-order valence-electron chi connectivity index (χ2n) is 3.66. The fourth-order valence-corrected chi connectivity index (χ4v) is 2.10. The molecule has 1 aromatic rings. The average Bonchev–Trinajstić information content (AvgIpc) is 2.82. The van der Waals surface area contributed by atoms with Gasteiger partial charge in [-0.2, -0.15) is 0 Å². The molecule has 0 fully saturated rings. The lowest BCUT2D eigenvalue weighted by molar-refractivity contribution is 0.0875. The molecule has 0 bridgehead atoms. The summed E-state index contributed by atoms with van der Waals surface area (Å²) in [5.74, 6) is 5.15. The molecule has 1 heterocycles. The highest BCUT2D eigenvalue weighted by molar-refractivity contribution is 7.12. The first kappa shape index (κ1) is 14.7. The molecule has 1 atom stereocenters. The molecule has 2 N–H and O–H groups in total. The molecular formula is C13H17NO3S. The maximum absolute atomic E-state index is 12.0. The van der Waals surface area contributed by atoms with Crippen LogP contribution in [0.25, 0.3) is 0 Å². The van der Waals surface area contributed by atoms with Gasteiger partial charge in [0.25, 0.3) is 5.91 Å². The van der Waals surface area contributed by atoms with E-state index < -0.39 is 0 Å². The van der Waals surface area contributed by atoms with Crippen molar-refractivity contribution in [2.45, 2.75) is 19.9 Å². The molecule has 0 aliphatic rings. The lowest BCUT2D eigenvalue weighted by Crippen LogP contribution is -2.35. The lowest BCUT2D eigenvalue weighted by Gasteiger charge is -2.12. The van der Waals surface area contributed by atoms with Gasteiger partial charge in [0.15, 0.2) is 0 Å². The predicted molar refractivity (Wildman–Crippen MR) is 71.7 cm³/mol. The summed E-state index contributed by atoms with van der Waals surface area (Å²) in [7, 11) is 0. The maximum Gasteiger partial charge on any atom is 0.262 e. The van der Waals surface area contributed by atoms with Gasteiger partial charge in [0, 0.05) is 18.2 Å². The van der Waals surface area contributed by atoms with E-state index in [1.165, 1.54) is 11.3 Å². The number of thiophene rings is 1. The Kier molecular flexibility index (Phi) is 6.44. The minimum atomic E-state index is -0.211. The summed E-state index contributed by atoms with van der Waals surface area (Å²) in [4.78, 5) is 12.5. The highest BCUT2D eigenvalue weighted by atomic mass is 32.1. The summed E-state index contributed by atoms with van der Waals surface area (Å²) in [6.07, 6.45) is 0. The highest BCUT2D eigenvalue weighted by Gasteiger charge is 2.14. The zero-order valence-corrected chi connectivity index (χ0v) is 11.3.